The van der Waals surface area contributed by atoms with Gasteiger partial charge in [0.15, 0.2) is 6.04 Å². The normalized spacial score (nSPS) is 16.2. The SMILES string of the molecule is Cc1nsc(NC2=NCC(C(F)(F)F)N=C2)c1C(=O)Nc1ccc(OCCO)nc1. The Kier molecular flexibility index (Phi) is 6.62. The second-order valence-corrected chi connectivity index (χ2v) is 6.84. The topological polar surface area (TPSA) is 121 Å². The van der Waals surface area contributed by atoms with Crippen LogP contribution >= 0.6 is 11.5 Å². The van der Waals surface area contributed by atoms with E-state index in [0.29, 0.717) is 22.3 Å². The minimum absolute atomic E-state index is 0.102. The molecule has 30 heavy (non-hydrogen) atoms. The van der Waals surface area contributed by atoms with E-state index in [1.807, 2.05) is 0 Å². The average Bonchev–Trinajstić information content (AvgIpc) is 3.07. The molecule has 0 bridgehead atoms. The minimum atomic E-state index is -4.45. The van der Waals surface area contributed by atoms with Crippen LogP contribution in [0.5, 0.6) is 5.88 Å². The summed E-state index contributed by atoms with van der Waals surface area (Å²) in [4.78, 5) is 24.0. The van der Waals surface area contributed by atoms with Crippen molar-refractivity contribution in [2.45, 2.75) is 19.1 Å². The maximum absolute atomic E-state index is 12.7. The number of hydrogen-bond acceptors (Lipinski definition) is 9. The summed E-state index contributed by atoms with van der Waals surface area (Å²) in [6.07, 6.45) is -2.07. The first-order valence-corrected chi connectivity index (χ1v) is 9.44. The molecule has 0 saturated carbocycles. The van der Waals surface area contributed by atoms with E-state index in [1.165, 1.54) is 12.3 Å². The van der Waals surface area contributed by atoms with Gasteiger partial charge in [0.1, 0.15) is 17.4 Å². The third-order valence-electron chi connectivity index (χ3n) is 3.86. The van der Waals surface area contributed by atoms with Crippen molar-refractivity contribution in [3.8, 4) is 5.88 Å². The van der Waals surface area contributed by atoms with Gasteiger partial charge in [-0.3, -0.25) is 14.8 Å². The van der Waals surface area contributed by atoms with Gasteiger partial charge in [-0.15, -0.1) is 0 Å². The molecular formula is C17H17F3N6O3S. The van der Waals surface area contributed by atoms with Gasteiger partial charge < -0.3 is 20.5 Å². The second kappa shape index (κ2) is 9.17. The molecular weight excluding hydrogens is 425 g/mol. The first-order valence-electron chi connectivity index (χ1n) is 8.66. The van der Waals surface area contributed by atoms with Crippen LogP contribution in [0, 0.1) is 6.92 Å². The number of aliphatic hydroxyl groups is 1. The molecule has 3 N–H and O–H groups in total. The number of aliphatic hydroxyl groups excluding tert-OH is 1. The number of rotatable bonds is 6. The van der Waals surface area contributed by atoms with Crippen molar-refractivity contribution in [2.24, 2.45) is 9.98 Å². The Bertz CT molecular complexity index is 959. The number of anilines is 2. The molecule has 160 valence electrons. The molecule has 13 heteroatoms. The summed E-state index contributed by atoms with van der Waals surface area (Å²) >= 11 is 0.981. The molecule has 1 atom stereocenters. The number of nitrogens with one attached hydrogen (secondary N) is 2. The van der Waals surface area contributed by atoms with Gasteiger partial charge in [-0.2, -0.15) is 17.5 Å². The van der Waals surface area contributed by atoms with Crippen LogP contribution in [0.25, 0.3) is 0 Å². The molecule has 1 unspecified atom stereocenters. The standard InChI is InChI=1S/C17H17F3N6O3S/c1-9-14(15(28)24-10-2-3-13(23-6-10)29-5-4-27)16(30-26-9)25-12-8-21-11(7-22-12)17(18,19)20/h2-3,6,8,11,27H,4-5,7H2,1H3,(H,22,25)(H,24,28). The highest BCUT2D eigenvalue weighted by molar-refractivity contribution is 7.11. The summed E-state index contributed by atoms with van der Waals surface area (Å²) < 4.78 is 47.3. The molecule has 3 rings (SSSR count). The largest absolute Gasteiger partial charge is 0.475 e. The highest BCUT2D eigenvalue weighted by atomic mass is 32.1. The van der Waals surface area contributed by atoms with Gasteiger partial charge in [0.05, 0.1) is 42.5 Å². The summed E-state index contributed by atoms with van der Waals surface area (Å²) in [5.41, 5.74) is 1.07. The van der Waals surface area contributed by atoms with Crippen molar-refractivity contribution in [3.63, 3.8) is 0 Å². The van der Waals surface area contributed by atoms with E-state index in [4.69, 9.17) is 9.84 Å². The van der Waals surface area contributed by atoms with Crippen molar-refractivity contribution in [1.82, 2.24) is 9.36 Å². The zero-order valence-electron chi connectivity index (χ0n) is 15.6. The monoisotopic (exact) mass is 442 g/mol. The van der Waals surface area contributed by atoms with Crippen LogP contribution in [0.15, 0.2) is 28.3 Å². The number of halogens is 3. The lowest BCUT2D eigenvalue weighted by atomic mass is 10.2. The lowest BCUT2D eigenvalue weighted by molar-refractivity contribution is -0.144. The van der Waals surface area contributed by atoms with E-state index in [1.54, 1.807) is 13.0 Å². The number of pyridine rings is 1. The van der Waals surface area contributed by atoms with Gasteiger partial charge in [-0.1, -0.05) is 0 Å². The summed E-state index contributed by atoms with van der Waals surface area (Å²) in [5.74, 6) is -0.0686. The summed E-state index contributed by atoms with van der Waals surface area (Å²) in [5, 5.41) is 14.5. The molecule has 0 saturated heterocycles. The number of hydrogen-bond donors (Lipinski definition) is 3. The molecule has 2 aromatic heterocycles. The fourth-order valence-corrected chi connectivity index (χ4v) is 3.22. The lowest BCUT2D eigenvalue weighted by Gasteiger charge is -2.18. The van der Waals surface area contributed by atoms with E-state index in [-0.39, 0.29) is 24.6 Å². The number of carbonyl (C=O) groups excluding carboxylic acids is 1. The van der Waals surface area contributed by atoms with Gasteiger partial charge in [-0.25, -0.2) is 4.98 Å². The predicted octanol–water partition coefficient (Wildman–Crippen LogP) is 2.30. The van der Waals surface area contributed by atoms with Gasteiger partial charge in [0.2, 0.25) is 5.88 Å². The second-order valence-electron chi connectivity index (χ2n) is 6.07. The van der Waals surface area contributed by atoms with Gasteiger partial charge >= 0.3 is 6.18 Å². The Morgan fingerprint density at radius 1 is 1.40 bits per heavy atom. The molecule has 3 heterocycles. The number of ether oxygens (including phenoxy) is 1. The number of aliphatic imine (C=N–C) groups is 2. The van der Waals surface area contributed by atoms with Crippen molar-refractivity contribution in [1.29, 1.82) is 0 Å². The number of amides is 1. The van der Waals surface area contributed by atoms with Crippen LogP contribution in [0.2, 0.25) is 0 Å². The predicted molar refractivity (Wildman–Crippen MR) is 106 cm³/mol. The Balaban J connectivity index is 1.68. The summed E-state index contributed by atoms with van der Waals surface area (Å²) in [6, 6.07) is 1.24. The maximum atomic E-state index is 12.7. The summed E-state index contributed by atoms with van der Waals surface area (Å²) in [7, 11) is 0. The summed E-state index contributed by atoms with van der Waals surface area (Å²) in [6.45, 7) is 1.06. The van der Waals surface area contributed by atoms with Crippen molar-refractivity contribution < 1.29 is 27.8 Å². The Hall–Kier alpha value is -3.06. The number of amidine groups is 1. The fourth-order valence-electron chi connectivity index (χ4n) is 2.42. The lowest BCUT2D eigenvalue weighted by Crippen LogP contribution is -2.34. The number of aryl methyl sites for hydroxylation is 1. The first-order chi connectivity index (χ1) is 14.3. The van der Waals surface area contributed by atoms with Gasteiger partial charge in [0, 0.05) is 6.07 Å². The maximum Gasteiger partial charge on any atom is 0.412 e. The highest BCUT2D eigenvalue weighted by Gasteiger charge is 2.40. The quantitative estimate of drug-likeness (QED) is 0.631. The molecule has 0 aromatic carbocycles. The van der Waals surface area contributed by atoms with Crippen LogP contribution in [0.4, 0.5) is 23.9 Å². The molecule has 2 aromatic rings. The number of nitrogens with zero attached hydrogens (tertiary/aromatic N) is 4. The third-order valence-corrected chi connectivity index (χ3v) is 4.71. The highest BCUT2D eigenvalue weighted by Crippen LogP contribution is 2.27. The van der Waals surface area contributed by atoms with Crippen molar-refractivity contribution >= 4 is 40.2 Å². The molecule has 0 fully saturated rings. The van der Waals surface area contributed by atoms with Crippen LogP contribution in [0.3, 0.4) is 0 Å². The van der Waals surface area contributed by atoms with Gasteiger partial charge in [0.25, 0.3) is 5.91 Å². The van der Waals surface area contributed by atoms with E-state index in [9.17, 15) is 18.0 Å². The Labute approximate surface area is 172 Å². The third kappa shape index (κ3) is 5.30. The van der Waals surface area contributed by atoms with E-state index < -0.39 is 24.7 Å². The van der Waals surface area contributed by atoms with Crippen molar-refractivity contribution in [2.75, 3.05) is 30.4 Å². The smallest absolute Gasteiger partial charge is 0.412 e. The number of aromatic nitrogens is 2. The minimum Gasteiger partial charge on any atom is -0.475 e. The molecule has 1 amide bonds. The molecule has 0 radical (unpaired) electrons. The zero-order valence-corrected chi connectivity index (χ0v) is 16.4. The molecule has 1 aliphatic heterocycles. The average molecular weight is 442 g/mol. The van der Waals surface area contributed by atoms with Crippen LogP contribution in [0.1, 0.15) is 16.1 Å². The fraction of sp³-hybridized carbons (Fsp3) is 0.353. The van der Waals surface area contributed by atoms with Crippen molar-refractivity contribution in [3.05, 3.63) is 29.6 Å². The Morgan fingerprint density at radius 2 is 2.20 bits per heavy atom. The molecule has 1 aliphatic rings. The Morgan fingerprint density at radius 3 is 2.80 bits per heavy atom. The van der Waals surface area contributed by atoms with E-state index in [0.717, 1.165) is 17.7 Å². The van der Waals surface area contributed by atoms with Gasteiger partial charge in [-0.05, 0) is 24.5 Å². The number of alkyl halides is 3. The number of carbonyl (C=O) groups is 1. The first kappa shape index (κ1) is 21.6. The van der Waals surface area contributed by atoms with Crippen LogP contribution in [-0.2, 0) is 0 Å². The van der Waals surface area contributed by atoms with Crippen LogP contribution in [-0.4, -0.2) is 64.4 Å². The van der Waals surface area contributed by atoms with E-state index >= 15 is 0 Å². The molecule has 9 nitrogen and oxygen atoms in total. The van der Waals surface area contributed by atoms with Crippen LogP contribution < -0.4 is 15.4 Å². The molecule has 0 aliphatic carbocycles. The van der Waals surface area contributed by atoms with E-state index in [2.05, 4.69) is 30.0 Å². The zero-order chi connectivity index (χ0) is 21.7. The molecule has 0 spiro atoms.